The maximum atomic E-state index is 15.3. The van der Waals surface area contributed by atoms with E-state index in [1.807, 2.05) is 0 Å². The van der Waals surface area contributed by atoms with E-state index >= 15 is 4.39 Å². The first kappa shape index (κ1) is 25.7. The predicted octanol–water partition coefficient (Wildman–Crippen LogP) is 6.70. The molecule has 0 bridgehead atoms. The minimum Gasteiger partial charge on any atom is -0.490 e. The molecule has 2 amide bonds. The molecular formula is C30H26ClF3N2O3. The normalized spacial score (nSPS) is 24.8. The van der Waals surface area contributed by atoms with E-state index in [0.717, 1.165) is 50.3 Å². The molecule has 3 aromatic rings. The lowest BCUT2D eigenvalue weighted by molar-refractivity contribution is -0.131. The highest BCUT2D eigenvalue weighted by atomic mass is 35.5. The fourth-order valence-corrected chi connectivity index (χ4v) is 6.69. The van der Waals surface area contributed by atoms with Crippen molar-refractivity contribution in [2.24, 2.45) is 0 Å². The van der Waals surface area contributed by atoms with Crippen molar-refractivity contribution in [1.82, 2.24) is 5.32 Å². The Balaban J connectivity index is 1.59. The van der Waals surface area contributed by atoms with Crippen molar-refractivity contribution in [3.8, 4) is 5.75 Å². The second-order valence-electron chi connectivity index (χ2n) is 10.5. The molecule has 9 heteroatoms. The van der Waals surface area contributed by atoms with Gasteiger partial charge in [-0.3, -0.25) is 9.59 Å². The summed E-state index contributed by atoms with van der Waals surface area (Å²) in [5.74, 6) is -3.83. The molecule has 39 heavy (non-hydrogen) atoms. The Morgan fingerprint density at radius 2 is 1.59 bits per heavy atom. The van der Waals surface area contributed by atoms with E-state index in [1.54, 1.807) is 18.2 Å². The van der Waals surface area contributed by atoms with Crippen LogP contribution in [0, 0.1) is 17.5 Å². The number of rotatable bonds is 4. The van der Waals surface area contributed by atoms with Crippen LogP contribution < -0.4 is 15.4 Å². The van der Waals surface area contributed by atoms with E-state index in [4.69, 9.17) is 16.3 Å². The van der Waals surface area contributed by atoms with Gasteiger partial charge >= 0.3 is 0 Å². The number of carbonyl (C=O) groups is 2. The van der Waals surface area contributed by atoms with E-state index in [0.29, 0.717) is 22.0 Å². The summed E-state index contributed by atoms with van der Waals surface area (Å²) in [5.41, 5.74) is -0.668. The SMILES string of the molecule is O=C1C[C@@H](c2cc(F)ccc2F)[C@]2(C(=O)Nc3cc(Cl)ccc32)[C@@H](c2cc(F)ccc2OC2CCCCC2)N1. The lowest BCUT2D eigenvalue weighted by Crippen LogP contribution is -2.57. The van der Waals surface area contributed by atoms with Gasteiger partial charge in [0.2, 0.25) is 11.8 Å². The highest BCUT2D eigenvalue weighted by Crippen LogP contribution is 2.58. The summed E-state index contributed by atoms with van der Waals surface area (Å²) < 4.78 is 51.0. The monoisotopic (exact) mass is 554 g/mol. The van der Waals surface area contributed by atoms with Crippen molar-refractivity contribution < 1.29 is 27.5 Å². The van der Waals surface area contributed by atoms with Gasteiger partial charge in [-0.05, 0) is 85.3 Å². The third-order valence-corrected chi connectivity index (χ3v) is 8.45. The lowest BCUT2D eigenvalue weighted by Gasteiger charge is -2.46. The van der Waals surface area contributed by atoms with Crippen LogP contribution in [0.5, 0.6) is 5.75 Å². The van der Waals surface area contributed by atoms with Gasteiger partial charge in [-0.1, -0.05) is 24.1 Å². The van der Waals surface area contributed by atoms with Crippen molar-refractivity contribution in [1.29, 1.82) is 0 Å². The van der Waals surface area contributed by atoms with Gasteiger partial charge in [0, 0.05) is 28.6 Å². The fraction of sp³-hybridized carbons (Fsp3) is 0.333. The van der Waals surface area contributed by atoms with Crippen molar-refractivity contribution in [2.75, 3.05) is 5.32 Å². The predicted molar refractivity (Wildman–Crippen MR) is 140 cm³/mol. The van der Waals surface area contributed by atoms with Crippen LogP contribution in [0.3, 0.4) is 0 Å². The summed E-state index contributed by atoms with van der Waals surface area (Å²) >= 11 is 6.23. The molecular weight excluding hydrogens is 529 g/mol. The van der Waals surface area contributed by atoms with Crippen LogP contribution in [0.4, 0.5) is 18.9 Å². The molecule has 1 saturated carbocycles. The molecule has 2 N–H and O–H groups in total. The smallest absolute Gasteiger partial charge is 0.238 e. The number of fused-ring (bicyclic) bond motifs is 2. The molecule has 6 rings (SSSR count). The summed E-state index contributed by atoms with van der Waals surface area (Å²) in [6, 6.07) is 10.7. The number of hydrogen-bond donors (Lipinski definition) is 2. The van der Waals surface area contributed by atoms with Gasteiger partial charge in [-0.15, -0.1) is 0 Å². The van der Waals surface area contributed by atoms with Gasteiger partial charge in [-0.25, -0.2) is 13.2 Å². The lowest BCUT2D eigenvalue weighted by atomic mass is 9.59. The molecule has 1 aliphatic carbocycles. The minimum atomic E-state index is -1.65. The summed E-state index contributed by atoms with van der Waals surface area (Å²) in [6.45, 7) is 0. The largest absolute Gasteiger partial charge is 0.490 e. The fourth-order valence-electron chi connectivity index (χ4n) is 6.52. The highest BCUT2D eigenvalue weighted by Gasteiger charge is 2.62. The molecule has 2 aliphatic heterocycles. The van der Waals surface area contributed by atoms with E-state index in [-0.39, 0.29) is 23.7 Å². The number of benzene rings is 3. The van der Waals surface area contributed by atoms with E-state index in [1.165, 1.54) is 18.2 Å². The number of carbonyl (C=O) groups excluding carboxylic acids is 2. The first-order valence-electron chi connectivity index (χ1n) is 13.1. The summed E-state index contributed by atoms with van der Waals surface area (Å²) in [7, 11) is 0. The molecule has 0 unspecified atom stereocenters. The van der Waals surface area contributed by atoms with E-state index < -0.39 is 46.6 Å². The molecule has 0 radical (unpaired) electrons. The zero-order chi connectivity index (χ0) is 27.3. The Morgan fingerprint density at radius 1 is 0.872 bits per heavy atom. The Bertz CT molecular complexity index is 1480. The molecule has 2 heterocycles. The van der Waals surface area contributed by atoms with Gasteiger partial charge < -0.3 is 15.4 Å². The third kappa shape index (κ3) is 4.35. The topological polar surface area (TPSA) is 67.4 Å². The second kappa shape index (κ2) is 9.90. The Labute approximate surface area is 228 Å². The molecule has 3 atom stereocenters. The molecule has 1 saturated heterocycles. The average Bonchev–Trinajstić information content (AvgIpc) is 3.19. The van der Waals surface area contributed by atoms with Gasteiger partial charge in [0.05, 0.1) is 12.1 Å². The average molecular weight is 555 g/mol. The maximum absolute atomic E-state index is 15.3. The zero-order valence-electron chi connectivity index (χ0n) is 20.9. The van der Waals surface area contributed by atoms with Crippen LogP contribution in [-0.2, 0) is 15.0 Å². The van der Waals surface area contributed by atoms with Crippen molar-refractivity contribution in [2.45, 2.75) is 62.0 Å². The number of piperidine rings is 1. The minimum absolute atomic E-state index is 0.0989. The van der Waals surface area contributed by atoms with E-state index in [9.17, 15) is 18.4 Å². The summed E-state index contributed by atoms with van der Waals surface area (Å²) in [4.78, 5) is 27.3. The highest BCUT2D eigenvalue weighted by molar-refractivity contribution is 6.31. The number of nitrogens with one attached hydrogen (secondary N) is 2. The van der Waals surface area contributed by atoms with Gasteiger partial charge in [-0.2, -0.15) is 0 Å². The first-order valence-corrected chi connectivity index (χ1v) is 13.5. The number of amides is 2. The van der Waals surface area contributed by atoms with Crippen LogP contribution in [0.25, 0.3) is 0 Å². The van der Waals surface area contributed by atoms with Crippen molar-refractivity contribution in [3.05, 3.63) is 93.8 Å². The van der Waals surface area contributed by atoms with Crippen LogP contribution in [0.15, 0.2) is 54.6 Å². The Hall–Kier alpha value is -3.52. The van der Waals surface area contributed by atoms with Gasteiger partial charge in [0.1, 0.15) is 28.6 Å². The molecule has 3 aromatic carbocycles. The standard InChI is InChI=1S/C30H26ClF3N2O3/c31-16-6-9-22-25(12-16)35-29(38)30(22)23(20-13-17(32)7-10-24(20)34)15-27(37)36-28(30)21-14-18(33)8-11-26(21)39-19-4-2-1-3-5-19/h6-14,19,23,28H,1-5,15H2,(H,35,38)(H,36,37)/t23-,28+,30-/m0/s1. The number of ether oxygens (including phenoxy) is 1. The number of anilines is 1. The first-order chi connectivity index (χ1) is 18.8. The third-order valence-electron chi connectivity index (χ3n) is 8.21. The quantitative estimate of drug-likeness (QED) is 0.377. The molecule has 5 nitrogen and oxygen atoms in total. The Kier molecular flexibility index (Phi) is 6.53. The molecule has 1 spiro atoms. The van der Waals surface area contributed by atoms with Crippen LogP contribution in [-0.4, -0.2) is 17.9 Å². The molecule has 2 fully saturated rings. The van der Waals surface area contributed by atoms with Crippen molar-refractivity contribution >= 4 is 29.1 Å². The maximum Gasteiger partial charge on any atom is 0.238 e. The molecule has 3 aliphatic rings. The van der Waals surface area contributed by atoms with Gasteiger partial charge in [0.25, 0.3) is 0 Å². The van der Waals surface area contributed by atoms with Gasteiger partial charge in [0.15, 0.2) is 0 Å². The summed E-state index contributed by atoms with van der Waals surface area (Å²) in [5, 5.41) is 6.10. The Morgan fingerprint density at radius 3 is 2.36 bits per heavy atom. The second-order valence-corrected chi connectivity index (χ2v) is 10.9. The van der Waals surface area contributed by atoms with Crippen molar-refractivity contribution in [3.63, 3.8) is 0 Å². The molecule has 0 aromatic heterocycles. The zero-order valence-corrected chi connectivity index (χ0v) is 21.7. The number of hydrogen-bond acceptors (Lipinski definition) is 3. The van der Waals surface area contributed by atoms with E-state index in [2.05, 4.69) is 10.6 Å². The van der Waals surface area contributed by atoms with Crippen LogP contribution in [0.2, 0.25) is 5.02 Å². The molecule has 202 valence electrons. The van der Waals surface area contributed by atoms with Crippen LogP contribution >= 0.6 is 11.6 Å². The summed E-state index contributed by atoms with van der Waals surface area (Å²) in [6.07, 6.45) is 4.39. The van der Waals surface area contributed by atoms with Crippen LogP contribution in [0.1, 0.15) is 67.2 Å². The number of halogens is 4.